The molecule has 0 radical (unpaired) electrons. The van der Waals surface area contributed by atoms with Gasteiger partial charge in [0, 0.05) is 16.6 Å². The molecule has 1 N–H and O–H groups in total. The summed E-state index contributed by atoms with van der Waals surface area (Å²) in [6.07, 6.45) is 0.713. The summed E-state index contributed by atoms with van der Waals surface area (Å²) in [5, 5.41) is 11.9. The molecule has 2 heterocycles. The summed E-state index contributed by atoms with van der Waals surface area (Å²) in [5.74, 6) is -0.855. The number of rotatable bonds is 4. The van der Waals surface area contributed by atoms with Crippen molar-refractivity contribution in [2.75, 3.05) is 0 Å². The topological polar surface area (TPSA) is 54.6 Å². The molecule has 0 fully saturated rings. The average Bonchev–Trinajstić information content (AvgIpc) is 3.01. The molecule has 0 aliphatic rings. The standard InChI is InChI=1S/C15H12Cl2N2O2S/c1-2-12-14(8-3-4-10(16)11(17)5-8)18-15-19(12)9(7-22-15)6-13(20)21/h3-5,7H,2,6H2,1H3,(H,20,21). The molecule has 3 aromatic rings. The van der Waals surface area contributed by atoms with E-state index in [1.807, 2.05) is 22.8 Å². The Hall–Kier alpha value is -1.56. The van der Waals surface area contributed by atoms with E-state index in [-0.39, 0.29) is 6.42 Å². The highest BCUT2D eigenvalue weighted by Crippen LogP contribution is 2.32. The Balaban J connectivity index is 2.19. The first-order valence-corrected chi connectivity index (χ1v) is 8.29. The van der Waals surface area contributed by atoms with Crippen molar-refractivity contribution in [3.8, 4) is 11.3 Å². The summed E-state index contributed by atoms with van der Waals surface area (Å²) >= 11 is 13.5. The van der Waals surface area contributed by atoms with Crippen LogP contribution in [0, 0.1) is 0 Å². The lowest BCUT2D eigenvalue weighted by atomic mass is 10.1. The summed E-state index contributed by atoms with van der Waals surface area (Å²) in [6, 6.07) is 5.40. The third kappa shape index (κ3) is 2.60. The molecule has 22 heavy (non-hydrogen) atoms. The Bertz CT molecular complexity index is 870. The lowest BCUT2D eigenvalue weighted by Gasteiger charge is -2.05. The Labute approximate surface area is 140 Å². The SMILES string of the molecule is CCc1c(-c2ccc(Cl)c(Cl)c2)nc2scc(CC(=O)O)n12. The smallest absolute Gasteiger partial charge is 0.309 e. The Kier molecular flexibility index (Phi) is 4.12. The van der Waals surface area contributed by atoms with Crippen molar-refractivity contribution in [1.29, 1.82) is 0 Å². The van der Waals surface area contributed by atoms with Crippen LogP contribution in [-0.2, 0) is 17.6 Å². The molecule has 0 saturated carbocycles. The van der Waals surface area contributed by atoms with Gasteiger partial charge in [-0.25, -0.2) is 4.98 Å². The molecule has 0 amide bonds. The number of imidazole rings is 1. The number of aliphatic carboxylic acids is 1. The fraction of sp³-hybridized carbons (Fsp3) is 0.200. The van der Waals surface area contributed by atoms with Gasteiger partial charge >= 0.3 is 5.97 Å². The number of halogens is 2. The molecule has 0 saturated heterocycles. The molecular weight excluding hydrogens is 343 g/mol. The number of hydrogen-bond donors (Lipinski definition) is 1. The van der Waals surface area contributed by atoms with Gasteiger partial charge in [-0.3, -0.25) is 9.20 Å². The van der Waals surface area contributed by atoms with Gasteiger partial charge < -0.3 is 5.11 Å². The third-order valence-electron chi connectivity index (χ3n) is 3.39. The number of aryl methyl sites for hydroxylation is 1. The summed E-state index contributed by atoms with van der Waals surface area (Å²) in [5.41, 5.74) is 3.41. The van der Waals surface area contributed by atoms with E-state index in [0.29, 0.717) is 10.0 Å². The summed E-state index contributed by atoms with van der Waals surface area (Å²) in [4.78, 5) is 16.4. The molecule has 0 bridgehead atoms. The van der Waals surface area contributed by atoms with Gasteiger partial charge in [0.05, 0.1) is 27.9 Å². The summed E-state index contributed by atoms with van der Waals surface area (Å²) < 4.78 is 1.93. The molecule has 3 rings (SSSR count). The zero-order valence-corrected chi connectivity index (χ0v) is 14.0. The van der Waals surface area contributed by atoms with Crippen molar-refractivity contribution in [2.45, 2.75) is 19.8 Å². The van der Waals surface area contributed by atoms with Gasteiger partial charge in [0.15, 0.2) is 4.96 Å². The van der Waals surface area contributed by atoms with Gasteiger partial charge in [-0.1, -0.05) is 36.2 Å². The maximum Gasteiger partial charge on any atom is 0.309 e. The molecular formula is C15H12Cl2N2O2S. The Morgan fingerprint density at radius 1 is 1.36 bits per heavy atom. The molecule has 1 aromatic carbocycles. The summed E-state index contributed by atoms with van der Waals surface area (Å²) in [7, 11) is 0. The van der Waals surface area contributed by atoms with Crippen LogP contribution >= 0.6 is 34.5 Å². The molecule has 114 valence electrons. The molecule has 4 nitrogen and oxygen atoms in total. The van der Waals surface area contributed by atoms with E-state index in [1.165, 1.54) is 11.3 Å². The fourth-order valence-electron chi connectivity index (χ4n) is 2.46. The number of fused-ring (bicyclic) bond motifs is 1. The van der Waals surface area contributed by atoms with Crippen LogP contribution in [0.1, 0.15) is 18.3 Å². The number of nitrogens with zero attached hydrogens (tertiary/aromatic N) is 2. The number of thiazole rings is 1. The van der Waals surface area contributed by atoms with E-state index in [2.05, 4.69) is 4.98 Å². The molecule has 0 unspecified atom stereocenters. The van der Waals surface area contributed by atoms with Crippen LogP contribution < -0.4 is 0 Å². The maximum atomic E-state index is 11.0. The van der Waals surface area contributed by atoms with E-state index in [1.54, 1.807) is 12.1 Å². The predicted octanol–water partition coefficient (Wildman–Crippen LogP) is 4.56. The second-order valence-corrected chi connectivity index (χ2v) is 6.46. The van der Waals surface area contributed by atoms with Gasteiger partial charge in [0.2, 0.25) is 0 Å². The lowest BCUT2D eigenvalue weighted by molar-refractivity contribution is -0.136. The molecule has 0 aliphatic heterocycles. The molecule has 2 aromatic heterocycles. The van der Waals surface area contributed by atoms with Crippen molar-refractivity contribution in [3.63, 3.8) is 0 Å². The van der Waals surface area contributed by atoms with Crippen molar-refractivity contribution >= 4 is 45.5 Å². The first-order chi connectivity index (χ1) is 10.5. The minimum atomic E-state index is -0.855. The average molecular weight is 355 g/mol. The van der Waals surface area contributed by atoms with Gasteiger partial charge in [-0.05, 0) is 18.6 Å². The van der Waals surface area contributed by atoms with E-state index in [4.69, 9.17) is 28.3 Å². The quantitative estimate of drug-likeness (QED) is 0.747. The van der Waals surface area contributed by atoms with Gasteiger partial charge in [-0.2, -0.15) is 0 Å². The number of carboxylic acid groups (broad SMARTS) is 1. The van der Waals surface area contributed by atoms with Crippen molar-refractivity contribution < 1.29 is 9.90 Å². The van der Waals surface area contributed by atoms with Crippen molar-refractivity contribution in [3.05, 3.63) is 45.0 Å². The van der Waals surface area contributed by atoms with Gasteiger partial charge in [-0.15, -0.1) is 11.3 Å². The first kappa shape index (κ1) is 15.3. The minimum absolute atomic E-state index is 0.0236. The Morgan fingerprint density at radius 3 is 2.77 bits per heavy atom. The number of aromatic nitrogens is 2. The highest BCUT2D eigenvalue weighted by Gasteiger charge is 2.18. The van der Waals surface area contributed by atoms with Crippen molar-refractivity contribution in [1.82, 2.24) is 9.38 Å². The lowest BCUT2D eigenvalue weighted by Crippen LogP contribution is -2.04. The largest absolute Gasteiger partial charge is 0.481 e. The second kappa shape index (κ2) is 5.91. The molecule has 0 spiro atoms. The van der Waals surface area contributed by atoms with E-state index < -0.39 is 5.97 Å². The van der Waals surface area contributed by atoms with Crippen LogP contribution in [0.15, 0.2) is 23.6 Å². The third-order valence-corrected chi connectivity index (χ3v) is 5.00. The van der Waals surface area contributed by atoms with E-state index >= 15 is 0 Å². The normalized spacial score (nSPS) is 11.2. The van der Waals surface area contributed by atoms with Crippen molar-refractivity contribution in [2.24, 2.45) is 0 Å². The van der Waals surface area contributed by atoms with E-state index in [0.717, 1.165) is 34.0 Å². The van der Waals surface area contributed by atoms with Crippen LogP contribution in [0.3, 0.4) is 0 Å². The maximum absolute atomic E-state index is 11.0. The van der Waals surface area contributed by atoms with Crippen LogP contribution in [0.2, 0.25) is 10.0 Å². The zero-order chi connectivity index (χ0) is 15.9. The molecule has 0 aliphatic carbocycles. The van der Waals surface area contributed by atoms with Crippen LogP contribution in [0.5, 0.6) is 0 Å². The predicted molar refractivity (Wildman–Crippen MR) is 89.2 cm³/mol. The zero-order valence-electron chi connectivity index (χ0n) is 11.6. The Morgan fingerprint density at radius 2 is 2.14 bits per heavy atom. The monoisotopic (exact) mass is 354 g/mol. The fourth-order valence-corrected chi connectivity index (χ4v) is 3.66. The van der Waals surface area contributed by atoms with Gasteiger partial charge in [0.25, 0.3) is 0 Å². The van der Waals surface area contributed by atoms with Crippen LogP contribution in [-0.4, -0.2) is 20.5 Å². The first-order valence-electron chi connectivity index (χ1n) is 6.66. The highest BCUT2D eigenvalue weighted by atomic mass is 35.5. The number of benzene rings is 1. The summed E-state index contributed by atoms with van der Waals surface area (Å²) in [6.45, 7) is 2.02. The molecule has 0 atom stereocenters. The number of carboxylic acids is 1. The molecule has 7 heteroatoms. The highest BCUT2D eigenvalue weighted by molar-refractivity contribution is 7.15. The van der Waals surface area contributed by atoms with Gasteiger partial charge in [0.1, 0.15) is 0 Å². The van der Waals surface area contributed by atoms with E-state index in [9.17, 15) is 4.79 Å². The number of carbonyl (C=O) groups is 1. The second-order valence-electron chi connectivity index (χ2n) is 4.81. The minimum Gasteiger partial charge on any atom is -0.481 e. The van der Waals surface area contributed by atoms with Crippen LogP contribution in [0.4, 0.5) is 0 Å². The number of hydrogen-bond acceptors (Lipinski definition) is 3. The van der Waals surface area contributed by atoms with Crippen LogP contribution in [0.25, 0.3) is 16.2 Å².